The van der Waals surface area contributed by atoms with Crippen LogP contribution in [0.4, 0.5) is 0 Å². The first-order chi connectivity index (χ1) is 8.18. The Balaban J connectivity index is 2.63. The molecule has 1 aromatic carbocycles. The molecule has 0 aliphatic heterocycles. The molecule has 0 atom stereocenters. The second-order valence-electron chi connectivity index (χ2n) is 3.47. The van der Waals surface area contributed by atoms with Gasteiger partial charge in [0.2, 0.25) is 0 Å². The highest BCUT2D eigenvalue weighted by atomic mass is 32.1. The van der Waals surface area contributed by atoms with Gasteiger partial charge < -0.3 is 5.11 Å². The largest absolute Gasteiger partial charge is 0.478 e. The van der Waals surface area contributed by atoms with E-state index in [0.717, 1.165) is 10.9 Å². The summed E-state index contributed by atoms with van der Waals surface area (Å²) in [5, 5.41) is 9.05. The number of para-hydroxylation sites is 1. The Bertz CT molecular complexity index is 803. The molecule has 17 heavy (non-hydrogen) atoms. The molecular formula is C11H6N2O3S. The zero-order valence-corrected chi connectivity index (χ0v) is 9.27. The minimum Gasteiger partial charge on any atom is -0.478 e. The van der Waals surface area contributed by atoms with E-state index >= 15 is 0 Å². The molecule has 2 heterocycles. The van der Waals surface area contributed by atoms with E-state index in [1.165, 1.54) is 15.7 Å². The number of carboxylic acid groups (broad SMARTS) is 1. The van der Waals surface area contributed by atoms with E-state index in [9.17, 15) is 9.59 Å². The predicted molar refractivity (Wildman–Crippen MR) is 63.8 cm³/mol. The topological polar surface area (TPSA) is 71.7 Å². The summed E-state index contributed by atoms with van der Waals surface area (Å²) in [5.74, 6) is -1.08. The Hall–Kier alpha value is -2.21. The molecule has 0 unspecified atom stereocenters. The summed E-state index contributed by atoms with van der Waals surface area (Å²) in [5.41, 5.74) is 0.279. The average Bonchev–Trinajstić information content (AvgIpc) is 2.68. The Morgan fingerprint density at radius 3 is 2.88 bits per heavy atom. The van der Waals surface area contributed by atoms with Gasteiger partial charge >= 0.3 is 11.7 Å². The maximum atomic E-state index is 11.7. The smallest absolute Gasteiger partial charge is 0.353 e. The number of fused-ring (bicyclic) bond motifs is 3. The molecule has 0 radical (unpaired) electrons. The molecule has 2 aromatic heterocycles. The highest BCUT2D eigenvalue weighted by Crippen LogP contribution is 2.26. The van der Waals surface area contributed by atoms with Crippen LogP contribution in [0.5, 0.6) is 0 Å². The monoisotopic (exact) mass is 246 g/mol. The molecule has 0 saturated heterocycles. The third-order valence-electron chi connectivity index (χ3n) is 2.47. The first-order valence-electron chi connectivity index (χ1n) is 4.81. The molecule has 0 spiro atoms. The van der Waals surface area contributed by atoms with Gasteiger partial charge in [0, 0.05) is 0 Å². The molecule has 84 valence electrons. The predicted octanol–water partition coefficient (Wildman–Crippen LogP) is 1.61. The van der Waals surface area contributed by atoms with Crippen molar-refractivity contribution in [2.75, 3.05) is 0 Å². The van der Waals surface area contributed by atoms with Crippen molar-refractivity contribution in [1.82, 2.24) is 9.38 Å². The first-order valence-corrected chi connectivity index (χ1v) is 5.63. The summed E-state index contributed by atoms with van der Waals surface area (Å²) >= 11 is 1.27. The summed E-state index contributed by atoms with van der Waals surface area (Å²) < 4.78 is 2.20. The standard InChI is InChI=1S/C11H6N2O3S/c14-10(15)6-5-12-11(16)13-7-3-1-2-4-8(7)17-9(6)13/h1-5H,(H,14,15). The Morgan fingerprint density at radius 1 is 1.35 bits per heavy atom. The van der Waals surface area contributed by atoms with Crippen molar-refractivity contribution >= 4 is 32.4 Å². The fourth-order valence-corrected chi connectivity index (χ4v) is 2.87. The van der Waals surface area contributed by atoms with Crippen molar-refractivity contribution in [1.29, 1.82) is 0 Å². The van der Waals surface area contributed by atoms with Gasteiger partial charge in [0.05, 0.1) is 16.4 Å². The minimum atomic E-state index is -1.08. The number of nitrogens with zero attached hydrogens (tertiary/aromatic N) is 2. The summed E-state index contributed by atoms with van der Waals surface area (Å²) in [6.07, 6.45) is 1.11. The van der Waals surface area contributed by atoms with Crippen molar-refractivity contribution in [2.45, 2.75) is 0 Å². The average molecular weight is 246 g/mol. The number of carbonyl (C=O) groups is 1. The SMILES string of the molecule is O=C(O)c1cnc(=O)n2c1sc1ccccc12. The number of hydrogen-bond acceptors (Lipinski definition) is 4. The molecule has 5 nitrogen and oxygen atoms in total. The van der Waals surface area contributed by atoms with Crippen LogP contribution in [0, 0.1) is 0 Å². The van der Waals surface area contributed by atoms with Gasteiger partial charge in [-0.1, -0.05) is 12.1 Å². The zero-order valence-electron chi connectivity index (χ0n) is 8.45. The van der Waals surface area contributed by atoms with E-state index in [1.807, 2.05) is 12.1 Å². The van der Waals surface area contributed by atoms with Crippen molar-refractivity contribution in [3.05, 3.63) is 46.5 Å². The highest BCUT2D eigenvalue weighted by molar-refractivity contribution is 7.24. The highest BCUT2D eigenvalue weighted by Gasteiger charge is 2.15. The van der Waals surface area contributed by atoms with Gasteiger partial charge in [-0.2, -0.15) is 0 Å². The van der Waals surface area contributed by atoms with Crippen LogP contribution in [0.15, 0.2) is 35.3 Å². The molecule has 0 saturated carbocycles. The molecule has 3 rings (SSSR count). The molecule has 0 amide bonds. The van der Waals surface area contributed by atoms with E-state index in [2.05, 4.69) is 4.98 Å². The van der Waals surface area contributed by atoms with Crippen LogP contribution in [0.25, 0.3) is 15.0 Å². The van der Waals surface area contributed by atoms with E-state index in [1.54, 1.807) is 12.1 Å². The quantitative estimate of drug-likeness (QED) is 0.708. The van der Waals surface area contributed by atoms with E-state index in [4.69, 9.17) is 5.11 Å². The maximum Gasteiger partial charge on any atom is 0.353 e. The molecule has 3 aromatic rings. The molecule has 0 bridgehead atoms. The number of thiazole rings is 1. The van der Waals surface area contributed by atoms with Crippen molar-refractivity contribution < 1.29 is 9.90 Å². The third-order valence-corrected chi connectivity index (χ3v) is 3.63. The molecule has 1 N–H and O–H groups in total. The van der Waals surface area contributed by atoms with Gasteiger partial charge in [-0.3, -0.25) is 0 Å². The second kappa shape index (κ2) is 3.39. The lowest BCUT2D eigenvalue weighted by atomic mass is 10.3. The lowest BCUT2D eigenvalue weighted by Gasteiger charge is -1.96. The van der Waals surface area contributed by atoms with Crippen LogP contribution >= 0.6 is 11.3 Å². The molecule has 0 fully saturated rings. The van der Waals surface area contributed by atoms with Gasteiger partial charge in [-0.05, 0) is 12.1 Å². The van der Waals surface area contributed by atoms with Crippen LogP contribution < -0.4 is 5.69 Å². The number of aromatic nitrogens is 2. The minimum absolute atomic E-state index is 0.0470. The van der Waals surface area contributed by atoms with Crippen molar-refractivity contribution in [2.24, 2.45) is 0 Å². The van der Waals surface area contributed by atoms with Crippen molar-refractivity contribution in [3.8, 4) is 0 Å². The molecular weight excluding hydrogens is 240 g/mol. The lowest BCUT2D eigenvalue weighted by Crippen LogP contribution is -2.17. The first kappa shape index (κ1) is 9.98. The fraction of sp³-hybridized carbons (Fsp3) is 0. The Labute approximate surface area is 98.6 Å². The van der Waals surface area contributed by atoms with Crippen LogP contribution in [0.2, 0.25) is 0 Å². The summed E-state index contributed by atoms with van der Waals surface area (Å²) in [6, 6.07) is 7.26. The Kier molecular flexibility index (Phi) is 1.99. The van der Waals surface area contributed by atoms with Crippen LogP contribution in [0.1, 0.15) is 10.4 Å². The van der Waals surface area contributed by atoms with E-state index in [0.29, 0.717) is 10.3 Å². The van der Waals surface area contributed by atoms with Gasteiger partial charge in [-0.15, -0.1) is 11.3 Å². The summed E-state index contributed by atoms with van der Waals surface area (Å²) in [4.78, 5) is 26.7. The van der Waals surface area contributed by atoms with E-state index in [-0.39, 0.29) is 5.56 Å². The number of rotatable bonds is 1. The second-order valence-corrected chi connectivity index (χ2v) is 4.50. The summed E-state index contributed by atoms with van der Waals surface area (Å²) in [7, 11) is 0. The van der Waals surface area contributed by atoms with Crippen LogP contribution in [0.3, 0.4) is 0 Å². The van der Waals surface area contributed by atoms with Gasteiger partial charge in [0.15, 0.2) is 0 Å². The molecule has 0 aliphatic carbocycles. The fourth-order valence-electron chi connectivity index (χ4n) is 1.73. The van der Waals surface area contributed by atoms with Gasteiger partial charge in [0.25, 0.3) is 0 Å². The van der Waals surface area contributed by atoms with E-state index < -0.39 is 11.7 Å². The zero-order chi connectivity index (χ0) is 12.0. The number of carboxylic acids is 1. The number of hydrogen-bond donors (Lipinski definition) is 1. The maximum absolute atomic E-state index is 11.7. The molecule has 6 heteroatoms. The third kappa shape index (κ3) is 1.34. The van der Waals surface area contributed by atoms with Crippen LogP contribution in [-0.4, -0.2) is 20.5 Å². The summed E-state index contributed by atoms with van der Waals surface area (Å²) in [6.45, 7) is 0. The van der Waals surface area contributed by atoms with Gasteiger partial charge in [0.1, 0.15) is 10.4 Å². The number of benzene rings is 1. The van der Waals surface area contributed by atoms with Crippen molar-refractivity contribution in [3.63, 3.8) is 0 Å². The number of aromatic carboxylic acids is 1. The normalized spacial score (nSPS) is 11.1. The lowest BCUT2D eigenvalue weighted by molar-refractivity contribution is 0.0698. The molecule has 0 aliphatic rings. The van der Waals surface area contributed by atoms with Crippen LogP contribution in [-0.2, 0) is 0 Å². The Morgan fingerprint density at radius 2 is 2.12 bits per heavy atom. The van der Waals surface area contributed by atoms with Gasteiger partial charge in [-0.25, -0.2) is 19.0 Å².